The van der Waals surface area contributed by atoms with Crippen molar-refractivity contribution in [3.05, 3.63) is 76.2 Å². The van der Waals surface area contributed by atoms with E-state index in [-0.39, 0.29) is 5.91 Å². The average Bonchev–Trinajstić information content (AvgIpc) is 3.02. The van der Waals surface area contributed by atoms with Crippen molar-refractivity contribution in [1.82, 2.24) is 14.7 Å². The molecule has 0 atom stereocenters. The lowest BCUT2D eigenvalue weighted by Gasteiger charge is -2.13. The highest BCUT2D eigenvalue weighted by atomic mass is 35.5. The van der Waals surface area contributed by atoms with E-state index < -0.39 is 0 Å². The van der Waals surface area contributed by atoms with Gasteiger partial charge >= 0.3 is 0 Å². The van der Waals surface area contributed by atoms with Crippen LogP contribution in [0.15, 0.2) is 48.7 Å². The number of fused-ring (bicyclic) bond motifs is 1. The van der Waals surface area contributed by atoms with E-state index in [4.69, 9.17) is 11.6 Å². The number of hydrogen-bond donors (Lipinski definition) is 1. The summed E-state index contributed by atoms with van der Waals surface area (Å²) in [5.74, 6) is -0.152. The molecule has 0 spiro atoms. The van der Waals surface area contributed by atoms with Crippen molar-refractivity contribution in [2.24, 2.45) is 0 Å². The molecule has 27 heavy (non-hydrogen) atoms. The maximum absolute atomic E-state index is 12.7. The highest BCUT2D eigenvalue weighted by Crippen LogP contribution is 2.26. The number of aromatic nitrogens is 2. The van der Waals surface area contributed by atoms with Crippen LogP contribution in [0.3, 0.4) is 0 Å². The number of nitrogens with one attached hydrogen (secondary N) is 1. The van der Waals surface area contributed by atoms with E-state index in [2.05, 4.69) is 40.6 Å². The molecule has 138 valence electrons. The van der Waals surface area contributed by atoms with Crippen LogP contribution >= 0.6 is 11.6 Å². The lowest BCUT2D eigenvalue weighted by molar-refractivity contribution is 0.0944. The second-order valence-corrected chi connectivity index (χ2v) is 7.41. The predicted octanol–water partition coefficient (Wildman–Crippen LogP) is 5.18. The molecule has 0 fully saturated rings. The summed E-state index contributed by atoms with van der Waals surface area (Å²) in [6, 6.07) is 12.1. The van der Waals surface area contributed by atoms with Crippen LogP contribution in [0, 0.1) is 6.92 Å². The lowest BCUT2D eigenvalue weighted by atomic mass is 9.93. The second kappa shape index (κ2) is 7.57. The first-order valence-electron chi connectivity index (χ1n) is 9.32. The van der Waals surface area contributed by atoms with Gasteiger partial charge in [-0.05, 0) is 61.4 Å². The molecule has 0 aliphatic heterocycles. The number of allylic oxidation sites excluding steroid dienone is 2. The van der Waals surface area contributed by atoms with Gasteiger partial charge < -0.3 is 5.32 Å². The van der Waals surface area contributed by atoms with Gasteiger partial charge in [0.25, 0.3) is 5.91 Å². The van der Waals surface area contributed by atoms with E-state index in [9.17, 15) is 4.79 Å². The summed E-state index contributed by atoms with van der Waals surface area (Å²) in [7, 11) is 0. The van der Waals surface area contributed by atoms with Gasteiger partial charge in [-0.3, -0.25) is 9.20 Å². The maximum atomic E-state index is 12.7. The molecule has 1 aromatic carbocycles. The SMILES string of the molecule is Cc1nc2ccc(Cl)cn2c1C(=O)NCc1ccc(C2=CCCCC2)cc1. The number of carbonyl (C=O) groups excluding carboxylic acids is 1. The van der Waals surface area contributed by atoms with Crippen LogP contribution in [-0.2, 0) is 6.54 Å². The summed E-state index contributed by atoms with van der Waals surface area (Å²) in [5.41, 5.74) is 5.73. The van der Waals surface area contributed by atoms with Gasteiger partial charge in [0.2, 0.25) is 0 Å². The molecule has 0 bridgehead atoms. The Kier molecular flexibility index (Phi) is 4.99. The van der Waals surface area contributed by atoms with Crippen molar-refractivity contribution < 1.29 is 4.79 Å². The number of imidazole rings is 1. The van der Waals surface area contributed by atoms with Gasteiger partial charge in [-0.15, -0.1) is 0 Å². The number of nitrogens with zero attached hydrogens (tertiary/aromatic N) is 2. The molecule has 4 nitrogen and oxygen atoms in total. The minimum Gasteiger partial charge on any atom is -0.347 e. The van der Waals surface area contributed by atoms with Crippen LogP contribution in [0.1, 0.15) is 53.0 Å². The van der Waals surface area contributed by atoms with Gasteiger partial charge in [-0.25, -0.2) is 4.98 Å². The standard InChI is InChI=1S/C22H22ClN3O/c1-15-21(26-14-19(23)11-12-20(26)25-15)22(27)24-13-16-7-9-18(10-8-16)17-5-3-2-4-6-17/h5,7-12,14H,2-4,6,13H2,1H3,(H,24,27). The van der Waals surface area contributed by atoms with Gasteiger partial charge in [0.1, 0.15) is 11.3 Å². The summed E-state index contributed by atoms with van der Waals surface area (Å²) in [4.78, 5) is 17.1. The average molecular weight is 380 g/mol. The van der Waals surface area contributed by atoms with Crippen molar-refractivity contribution in [3.63, 3.8) is 0 Å². The summed E-state index contributed by atoms with van der Waals surface area (Å²) in [6.07, 6.45) is 8.97. The smallest absolute Gasteiger partial charge is 0.270 e. The van der Waals surface area contributed by atoms with E-state index in [0.29, 0.717) is 28.6 Å². The summed E-state index contributed by atoms with van der Waals surface area (Å²) >= 11 is 6.07. The first-order chi connectivity index (χ1) is 13.1. The molecule has 3 aromatic rings. The number of benzene rings is 1. The highest BCUT2D eigenvalue weighted by molar-refractivity contribution is 6.30. The fourth-order valence-electron chi connectivity index (χ4n) is 3.61. The van der Waals surface area contributed by atoms with Crippen molar-refractivity contribution in [2.45, 2.75) is 39.2 Å². The largest absolute Gasteiger partial charge is 0.347 e. The van der Waals surface area contributed by atoms with E-state index in [1.165, 1.54) is 30.4 Å². The van der Waals surface area contributed by atoms with Crippen LogP contribution in [-0.4, -0.2) is 15.3 Å². The molecule has 0 saturated heterocycles. The predicted molar refractivity (Wildman–Crippen MR) is 109 cm³/mol. The Balaban J connectivity index is 1.47. The zero-order valence-corrected chi connectivity index (χ0v) is 16.1. The number of rotatable bonds is 4. The minimum absolute atomic E-state index is 0.152. The number of halogens is 1. The Labute approximate surface area is 163 Å². The Morgan fingerprint density at radius 1 is 1.19 bits per heavy atom. The zero-order valence-electron chi connectivity index (χ0n) is 15.3. The molecular formula is C22H22ClN3O. The first-order valence-corrected chi connectivity index (χ1v) is 9.70. The molecule has 1 N–H and O–H groups in total. The molecule has 0 unspecified atom stereocenters. The highest BCUT2D eigenvalue weighted by Gasteiger charge is 2.16. The third kappa shape index (κ3) is 3.76. The molecule has 2 aromatic heterocycles. The number of amides is 1. The molecule has 1 amide bonds. The Hall–Kier alpha value is -2.59. The van der Waals surface area contributed by atoms with E-state index in [1.807, 2.05) is 13.0 Å². The minimum atomic E-state index is -0.152. The van der Waals surface area contributed by atoms with Crippen LogP contribution < -0.4 is 5.32 Å². The van der Waals surface area contributed by atoms with Crippen LogP contribution in [0.2, 0.25) is 5.02 Å². The molecule has 0 saturated carbocycles. The van der Waals surface area contributed by atoms with Gasteiger partial charge in [-0.1, -0.05) is 41.9 Å². The lowest BCUT2D eigenvalue weighted by Crippen LogP contribution is -2.25. The fraction of sp³-hybridized carbons (Fsp3) is 0.273. The van der Waals surface area contributed by atoms with Crippen LogP contribution in [0.25, 0.3) is 11.2 Å². The van der Waals surface area contributed by atoms with Crippen molar-refractivity contribution in [1.29, 1.82) is 0 Å². The summed E-state index contributed by atoms with van der Waals surface area (Å²) in [6.45, 7) is 2.31. The quantitative estimate of drug-likeness (QED) is 0.678. The number of aryl methyl sites for hydroxylation is 1. The number of hydrogen-bond acceptors (Lipinski definition) is 2. The summed E-state index contributed by atoms with van der Waals surface area (Å²) < 4.78 is 1.74. The van der Waals surface area contributed by atoms with Crippen LogP contribution in [0.5, 0.6) is 0 Å². The monoisotopic (exact) mass is 379 g/mol. The van der Waals surface area contributed by atoms with Gasteiger partial charge in [-0.2, -0.15) is 0 Å². The molecular weight excluding hydrogens is 358 g/mol. The van der Waals surface area contributed by atoms with E-state index in [1.54, 1.807) is 16.7 Å². The molecule has 1 aliphatic rings. The van der Waals surface area contributed by atoms with Gasteiger partial charge in [0.15, 0.2) is 0 Å². The normalized spacial score (nSPS) is 14.2. The topological polar surface area (TPSA) is 46.4 Å². The maximum Gasteiger partial charge on any atom is 0.270 e. The Morgan fingerprint density at radius 2 is 2.00 bits per heavy atom. The Morgan fingerprint density at radius 3 is 2.74 bits per heavy atom. The molecule has 5 heteroatoms. The van der Waals surface area contributed by atoms with Crippen molar-refractivity contribution >= 4 is 28.7 Å². The summed E-state index contributed by atoms with van der Waals surface area (Å²) in [5, 5.41) is 3.57. The first kappa shape index (κ1) is 17.8. The third-order valence-corrected chi connectivity index (χ3v) is 5.26. The number of pyridine rings is 1. The van der Waals surface area contributed by atoms with Gasteiger partial charge in [0.05, 0.1) is 10.7 Å². The third-order valence-electron chi connectivity index (χ3n) is 5.04. The Bertz CT molecular complexity index is 1020. The fourth-order valence-corrected chi connectivity index (χ4v) is 3.77. The van der Waals surface area contributed by atoms with Crippen LogP contribution in [0.4, 0.5) is 0 Å². The molecule has 0 radical (unpaired) electrons. The van der Waals surface area contributed by atoms with E-state index in [0.717, 1.165) is 12.0 Å². The molecule has 2 heterocycles. The van der Waals surface area contributed by atoms with E-state index >= 15 is 0 Å². The van der Waals surface area contributed by atoms with Gasteiger partial charge in [0, 0.05) is 12.7 Å². The molecule has 4 rings (SSSR count). The second-order valence-electron chi connectivity index (χ2n) is 6.98. The van der Waals surface area contributed by atoms with Crippen molar-refractivity contribution in [2.75, 3.05) is 0 Å². The van der Waals surface area contributed by atoms with Crippen molar-refractivity contribution in [3.8, 4) is 0 Å². The number of carbonyl (C=O) groups is 1. The zero-order chi connectivity index (χ0) is 18.8. The molecule has 1 aliphatic carbocycles.